The van der Waals surface area contributed by atoms with Crippen LogP contribution in [0.4, 0.5) is 0 Å². The van der Waals surface area contributed by atoms with E-state index in [2.05, 4.69) is 36.3 Å². The molecule has 100 valence electrons. The fourth-order valence-electron chi connectivity index (χ4n) is 3.00. The molecule has 1 aromatic rings. The lowest BCUT2D eigenvalue weighted by molar-refractivity contribution is 0.382. The molecule has 1 aliphatic heterocycles. The van der Waals surface area contributed by atoms with Crippen LogP contribution in [0.15, 0.2) is 16.5 Å². The van der Waals surface area contributed by atoms with E-state index in [-0.39, 0.29) is 0 Å². The van der Waals surface area contributed by atoms with Gasteiger partial charge in [-0.05, 0) is 56.9 Å². The molecule has 18 heavy (non-hydrogen) atoms. The third-order valence-electron chi connectivity index (χ3n) is 4.38. The minimum absolute atomic E-state index is 0.697. The van der Waals surface area contributed by atoms with Crippen molar-refractivity contribution >= 4 is 0 Å². The molecule has 1 saturated heterocycles. The summed E-state index contributed by atoms with van der Waals surface area (Å²) in [5.74, 6) is 4.62. The number of furan rings is 1. The molecule has 3 rings (SSSR count). The monoisotopic (exact) mass is 248 g/mol. The van der Waals surface area contributed by atoms with Gasteiger partial charge in [0.15, 0.2) is 0 Å². The van der Waals surface area contributed by atoms with Gasteiger partial charge in [-0.25, -0.2) is 0 Å². The maximum Gasteiger partial charge on any atom is 0.117 e. The van der Waals surface area contributed by atoms with Crippen LogP contribution in [0.5, 0.6) is 0 Å². The first-order chi connectivity index (χ1) is 8.72. The molecule has 3 atom stereocenters. The highest BCUT2D eigenvalue weighted by molar-refractivity contribution is 5.17. The third kappa shape index (κ3) is 2.78. The molecule has 0 bridgehead atoms. The molecular formula is C15H24N2O. The highest BCUT2D eigenvalue weighted by Gasteiger charge is 2.36. The van der Waals surface area contributed by atoms with Crippen LogP contribution < -0.4 is 5.32 Å². The summed E-state index contributed by atoms with van der Waals surface area (Å²) >= 11 is 0. The van der Waals surface area contributed by atoms with Crippen molar-refractivity contribution in [2.75, 3.05) is 26.7 Å². The van der Waals surface area contributed by atoms with E-state index < -0.39 is 0 Å². The van der Waals surface area contributed by atoms with E-state index in [1.54, 1.807) is 0 Å². The Kier molecular flexibility index (Phi) is 3.44. The number of nitrogens with zero attached hydrogens (tertiary/aromatic N) is 1. The summed E-state index contributed by atoms with van der Waals surface area (Å²) in [5, 5.41) is 3.53. The van der Waals surface area contributed by atoms with Gasteiger partial charge in [-0.3, -0.25) is 0 Å². The minimum Gasteiger partial charge on any atom is -0.464 e. The van der Waals surface area contributed by atoms with Crippen LogP contribution in [0, 0.1) is 11.8 Å². The fourth-order valence-corrected chi connectivity index (χ4v) is 3.00. The van der Waals surface area contributed by atoms with Gasteiger partial charge in [0.1, 0.15) is 11.5 Å². The third-order valence-corrected chi connectivity index (χ3v) is 4.38. The van der Waals surface area contributed by atoms with Crippen LogP contribution in [0.1, 0.15) is 37.2 Å². The lowest BCUT2D eigenvalue weighted by Crippen LogP contribution is -2.24. The molecule has 3 heteroatoms. The molecule has 3 nitrogen and oxygen atoms in total. The normalized spacial score (nSPS) is 32.0. The zero-order valence-electron chi connectivity index (χ0n) is 11.5. The largest absolute Gasteiger partial charge is 0.464 e. The van der Waals surface area contributed by atoms with Gasteiger partial charge in [0.05, 0.1) is 6.54 Å². The molecular weight excluding hydrogens is 224 g/mol. The van der Waals surface area contributed by atoms with Crippen molar-refractivity contribution in [1.82, 2.24) is 10.2 Å². The van der Waals surface area contributed by atoms with Crippen molar-refractivity contribution in [3.05, 3.63) is 23.7 Å². The number of nitrogens with one attached hydrogen (secondary N) is 1. The summed E-state index contributed by atoms with van der Waals surface area (Å²) < 4.78 is 5.89. The quantitative estimate of drug-likeness (QED) is 0.867. The lowest BCUT2D eigenvalue weighted by atomic mass is 10.1. The van der Waals surface area contributed by atoms with Crippen LogP contribution in [-0.2, 0) is 6.54 Å². The maximum atomic E-state index is 5.89. The average molecular weight is 248 g/mol. The summed E-state index contributed by atoms with van der Waals surface area (Å²) in [4.78, 5) is 2.41. The number of hydrogen-bond acceptors (Lipinski definition) is 3. The van der Waals surface area contributed by atoms with Gasteiger partial charge in [-0.2, -0.15) is 0 Å². The Morgan fingerprint density at radius 3 is 2.94 bits per heavy atom. The van der Waals surface area contributed by atoms with Gasteiger partial charge in [0.2, 0.25) is 0 Å². The SMILES string of the molecule is CC1CC1c1ccc(CNCC2CCN(C)C2)o1. The fraction of sp³-hybridized carbons (Fsp3) is 0.733. The van der Waals surface area contributed by atoms with Crippen LogP contribution in [0.2, 0.25) is 0 Å². The number of rotatable bonds is 5. The molecule has 0 spiro atoms. The van der Waals surface area contributed by atoms with E-state index in [0.717, 1.165) is 30.7 Å². The Morgan fingerprint density at radius 1 is 1.44 bits per heavy atom. The minimum atomic E-state index is 0.697. The molecule has 2 fully saturated rings. The van der Waals surface area contributed by atoms with Crippen molar-refractivity contribution in [3.63, 3.8) is 0 Å². The Hall–Kier alpha value is -0.800. The van der Waals surface area contributed by atoms with Gasteiger partial charge in [0, 0.05) is 12.5 Å². The standard InChI is InChI=1S/C15H24N2O/c1-11-7-14(11)15-4-3-13(18-15)9-16-8-12-5-6-17(2)10-12/h3-4,11-12,14,16H,5-10H2,1-2H3. The van der Waals surface area contributed by atoms with E-state index in [9.17, 15) is 0 Å². The topological polar surface area (TPSA) is 28.4 Å². The molecule has 2 heterocycles. The number of hydrogen-bond donors (Lipinski definition) is 1. The molecule has 2 aliphatic rings. The summed E-state index contributed by atoms with van der Waals surface area (Å²) in [6, 6.07) is 4.29. The Bertz CT molecular complexity index is 401. The van der Waals surface area contributed by atoms with Crippen molar-refractivity contribution < 1.29 is 4.42 Å². The predicted molar refractivity (Wildman–Crippen MR) is 72.5 cm³/mol. The van der Waals surface area contributed by atoms with Crippen LogP contribution in [0.25, 0.3) is 0 Å². The highest BCUT2D eigenvalue weighted by atomic mass is 16.3. The second kappa shape index (κ2) is 5.06. The Labute approximate surface area is 110 Å². The molecule has 1 aliphatic carbocycles. The smallest absolute Gasteiger partial charge is 0.117 e. The molecule has 0 amide bonds. The zero-order chi connectivity index (χ0) is 12.5. The predicted octanol–water partition coefficient (Wildman–Crippen LogP) is 2.44. The second-order valence-corrected chi connectivity index (χ2v) is 6.17. The molecule has 1 saturated carbocycles. The van der Waals surface area contributed by atoms with Crippen LogP contribution >= 0.6 is 0 Å². The zero-order valence-corrected chi connectivity index (χ0v) is 11.5. The first kappa shape index (κ1) is 12.2. The summed E-state index contributed by atoms with van der Waals surface area (Å²) in [5.41, 5.74) is 0. The van der Waals surface area contributed by atoms with Crippen molar-refractivity contribution in [2.45, 2.75) is 32.2 Å². The van der Waals surface area contributed by atoms with Gasteiger partial charge in [-0.15, -0.1) is 0 Å². The maximum absolute atomic E-state index is 5.89. The van der Waals surface area contributed by atoms with Gasteiger partial charge in [0.25, 0.3) is 0 Å². The van der Waals surface area contributed by atoms with E-state index in [4.69, 9.17) is 4.42 Å². The van der Waals surface area contributed by atoms with Gasteiger partial charge in [-0.1, -0.05) is 6.92 Å². The average Bonchev–Trinajstić information content (AvgIpc) is 2.79. The molecule has 0 radical (unpaired) electrons. The molecule has 0 aromatic carbocycles. The Morgan fingerprint density at radius 2 is 2.28 bits per heavy atom. The van der Waals surface area contributed by atoms with Gasteiger partial charge >= 0.3 is 0 Å². The van der Waals surface area contributed by atoms with E-state index >= 15 is 0 Å². The molecule has 1 aromatic heterocycles. The van der Waals surface area contributed by atoms with Crippen molar-refractivity contribution in [3.8, 4) is 0 Å². The first-order valence-electron chi connectivity index (χ1n) is 7.20. The second-order valence-electron chi connectivity index (χ2n) is 6.17. The van der Waals surface area contributed by atoms with E-state index in [1.165, 1.54) is 31.7 Å². The summed E-state index contributed by atoms with van der Waals surface area (Å²) in [6.07, 6.45) is 2.63. The van der Waals surface area contributed by atoms with Crippen LogP contribution in [-0.4, -0.2) is 31.6 Å². The summed E-state index contributed by atoms with van der Waals surface area (Å²) in [6.45, 7) is 6.76. The number of likely N-dealkylation sites (tertiary alicyclic amines) is 1. The first-order valence-corrected chi connectivity index (χ1v) is 7.20. The highest BCUT2D eigenvalue weighted by Crippen LogP contribution is 2.47. The Balaban J connectivity index is 1.41. The van der Waals surface area contributed by atoms with Crippen molar-refractivity contribution in [1.29, 1.82) is 0 Å². The molecule has 1 N–H and O–H groups in total. The summed E-state index contributed by atoms with van der Waals surface area (Å²) in [7, 11) is 2.20. The van der Waals surface area contributed by atoms with Gasteiger partial charge < -0.3 is 14.6 Å². The lowest BCUT2D eigenvalue weighted by Gasteiger charge is -2.10. The van der Waals surface area contributed by atoms with Crippen molar-refractivity contribution in [2.24, 2.45) is 11.8 Å². The molecule has 3 unspecified atom stereocenters. The van der Waals surface area contributed by atoms with Crippen LogP contribution in [0.3, 0.4) is 0 Å². The van der Waals surface area contributed by atoms with E-state index in [1.807, 2.05) is 0 Å². The van der Waals surface area contributed by atoms with E-state index in [0.29, 0.717) is 5.92 Å².